The van der Waals surface area contributed by atoms with Crippen molar-refractivity contribution >= 4 is 11.9 Å². The Morgan fingerprint density at radius 3 is 2.24 bits per heavy atom. The summed E-state index contributed by atoms with van der Waals surface area (Å²) in [6.07, 6.45) is 0. The van der Waals surface area contributed by atoms with Crippen LogP contribution in [0.15, 0.2) is 48.5 Å². The smallest absolute Gasteiger partial charge is 0.335 e. The highest BCUT2D eigenvalue weighted by atomic mass is 16.4. The fourth-order valence-corrected chi connectivity index (χ4v) is 1.92. The molecular formula is C16H16N2O3. The zero-order chi connectivity index (χ0) is 15.2. The number of rotatable bonds is 5. The molecule has 0 radical (unpaired) electrons. The van der Waals surface area contributed by atoms with E-state index in [1.807, 2.05) is 24.3 Å². The van der Waals surface area contributed by atoms with Gasteiger partial charge in [0, 0.05) is 18.7 Å². The summed E-state index contributed by atoms with van der Waals surface area (Å²) in [7, 11) is 0. The number of aromatic carboxylic acids is 1. The maximum atomic E-state index is 12.0. The summed E-state index contributed by atoms with van der Waals surface area (Å²) in [6.45, 7) is 0.853. The summed E-state index contributed by atoms with van der Waals surface area (Å²) in [4.78, 5) is 22.7. The monoisotopic (exact) mass is 284 g/mol. The number of carbonyl (C=O) groups is 2. The number of benzene rings is 2. The second-order valence-corrected chi connectivity index (χ2v) is 4.59. The summed E-state index contributed by atoms with van der Waals surface area (Å²) in [6, 6.07) is 13.5. The third-order valence-electron chi connectivity index (χ3n) is 3.07. The van der Waals surface area contributed by atoms with E-state index in [2.05, 4.69) is 5.32 Å². The molecule has 0 saturated heterocycles. The van der Waals surface area contributed by atoms with Crippen molar-refractivity contribution in [3.8, 4) is 0 Å². The third-order valence-corrected chi connectivity index (χ3v) is 3.07. The van der Waals surface area contributed by atoms with Gasteiger partial charge in [0.2, 0.25) is 0 Å². The van der Waals surface area contributed by atoms with Gasteiger partial charge in [0.15, 0.2) is 0 Å². The number of carboxylic acid groups (broad SMARTS) is 1. The Morgan fingerprint density at radius 1 is 1.00 bits per heavy atom. The minimum atomic E-state index is -1.01. The van der Waals surface area contributed by atoms with E-state index < -0.39 is 5.97 Å². The van der Waals surface area contributed by atoms with E-state index in [0.29, 0.717) is 18.7 Å². The van der Waals surface area contributed by atoms with Gasteiger partial charge < -0.3 is 16.2 Å². The normalized spacial score (nSPS) is 10.1. The first-order valence-electron chi connectivity index (χ1n) is 6.49. The van der Waals surface area contributed by atoms with E-state index in [-0.39, 0.29) is 11.5 Å². The SMILES string of the molecule is NCc1cccc(CNC(=O)c2ccc(C(=O)O)cc2)c1. The first kappa shape index (κ1) is 14.7. The molecule has 21 heavy (non-hydrogen) atoms. The second kappa shape index (κ2) is 6.67. The lowest BCUT2D eigenvalue weighted by Gasteiger charge is -2.07. The molecule has 4 N–H and O–H groups in total. The van der Waals surface area contributed by atoms with E-state index in [1.54, 1.807) is 0 Å². The topological polar surface area (TPSA) is 92.4 Å². The Labute approximate surface area is 122 Å². The minimum Gasteiger partial charge on any atom is -0.478 e. The molecular weight excluding hydrogens is 268 g/mol. The van der Waals surface area contributed by atoms with Crippen molar-refractivity contribution < 1.29 is 14.7 Å². The van der Waals surface area contributed by atoms with Gasteiger partial charge in [0.25, 0.3) is 5.91 Å². The zero-order valence-corrected chi connectivity index (χ0v) is 11.4. The van der Waals surface area contributed by atoms with Crippen LogP contribution < -0.4 is 11.1 Å². The van der Waals surface area contributed by atoms with E-state index in [9.17, 15) is 9.59 Å². The number of amides is 1. The third kappa shape index (κ3) is 3.90. The summed E-state index contributed by atoms with van der Waals surface area (Å²) in [5.74, 6) is -1.26. The number of carbonyl (C=O) groups excluding carboxylic acids is 1. The number of hydrogen-bond donors (Lipinski definition) is 3. The van der Waals surface area contributed by atoms with E-state index in [0.717, 1.165) is 11.1 Å². The first-order valence-corrected chi connectivity index (χ1v) is 6.49. The summed E-state index contributed by atoms with van der Waals surface area (Å²) in [5, 5.41) is 11.6. The molecule has 1 amide bonds. The highest BCUT2D eigenvalue weighted by molar-refractivity contribution is 5.95. The van der Waals surface area contributed by atoms with Crippen molar-refractivity contribution in [1.29, 1.82) is 0 Å². The van der Waals surface area contributed by atoms with Gasteiger partial charge in [0.05, 0.1) is 5.56 Å². The summed E-state index contributed by atoms with van der Waals surface area (Å²) >= 11 is 0. The molecule has 0 saturated carbocycles. The molecule has 0 fully saturated rings. The fourth-order valence-electron chi connectivity index (χ4n) is 1.92. The predicted molar refractivity (Wildman–Crippen MR) is 78.9 cm³/mol. The van der Waals surface area contributed by atoms with Crippen LogP contribution in [0.25, 0.3) is 0 Å². The van der Waals surface area contributed by atoms with Crippen LogP contribution in [0, 0.1) is 0 Å². The molecule has 2 aromatic rings. The van der Waals surface area contributed by atoms with E-state index in [4.69, 9.17) is 10.8 Å². The molecule has 2 aromatic carbocycles. The molecule has 108 valence electrons. The molecule has 0 heterocycles. The summed E-state index contributed by atoms with van der Waals surface area (Å²) in [5.41, 5.74) is 8.12. The van der Waals surface area contributed by atoms with Gasteiger partial charge in [-0.05, 0) is 35.4 Å². The number of carboxylic acids is 1. The molecule has 0 atom stereocenters. The van der Waals surface area contributed by atoms with Crippen molar-refractivity contribution in [2.45, 2.75) is 13.1 Å². The largest absolute Gasteiger partial charge is 0.478 e. The molecule has 0 bridgehead atoms. The quantitative estimate of drug-likeness (QED) is 0.780. The zero-order valence-electron chi connectivity index (χ0n) is 11.4. The first-order chi connectivity index (χ1) is 10.1. The second-order valence-electron chi connectivity index (χ2n) is 4.59. The van der Waals surface area contributed by atoms with E-state index >= 15 is 0 Å². The van der Waals surface area contributed by atoms with Crippen LogP contribution >= 0.6 is 0 Å². The molecule has 5 heteroatoms. The highest BCUT2D eigenvalue weighted by Crippen LogP contribution is 2.07. The molecule has 0 aliphatic rings. The lowest BCUT2D eigenvalue weighted by atomic mass is 10.1. The fraction of sp³-hybridized carbons (Fsp3) is 0.125. The predicted octanol–water partition coefficient (Wildman–Crippen LogP) is 1.77. The van der Waals surface area contributed by atoms with Crippen molar-refractivity contribution in [2.24, 2.45) is 5.73 Å². The Bertz CT molecular complexity index is 651. The van der Waals surface area contributed by atoms with Crippen LogP contribution in [-0.2, 0) is 13.1 Å². The van der Waals surface area contributed by atoms with Gasteiger partial charge >= 0.3 is 5.97 Å². The minimum absolute atomic E-state index is 0.155. The molecule has 0 aromatic heterocycles. The van der Waals surface area contributed by atoms with Crippen LogP contribution in [0.3, 0.4) is 0 Å². The summed E-state index contributed by atoms with van der Waals surface area (Å²) < 4.78 is 0. The average Bonchev–Trinajstić information content (AvgIpc) is 2.53. The van der Waals surface area contributed by atoms with Crippen molar-refractivity contribution in [1.82, 2.24) is 5.32 Å². The molecule has 0 spiro atoms. The maximum absolute atomic E-state index is 12.0. The molecule has 0 aliphatic carbocycles. The van der Waals surface area contributed by atoms with Crippen LogP contribution in [0.5, 0.6) is 0 Å². The Hall–Kier alpha value is -2.66. The molecule has 0 aliphatic heterocycles. The van der Waals surface area contributed by atoms with Gasteiger partial charge in [-0.2, -0.15) is 0 Å². The Morgan fingerprint density at radius 2 is 1.62 bits per heavy atom. The van der Waals surface area contributed by atoms with Gasteiger partial charge in [0.1, 0.15) is 0 Å². The van der Waals surface area contributed by atoms with E-state index in [1.165, 1.54) is 24.3 Å². The maximum Gasteiger partial charge on any atom is 0.335 e. The van der Waals surface area contributed by atoms with Crippen LogP contribution in [0.1, 0.15) is 31.8 Å². The number of nitrogens with two attached hydrogens (primary N) is 1. The lowest BCUT2D eigenvalue weighted by molar-refractivity contribution is 0.0696. The van der Waals surface area contributed by atoms with Gasteiger partial charge in [-0.3, -0.25) is 4.79 Å². The molecule has 2 rings (SSSR count). The number of hydrogen-bond acceptors (Lipinski definition) is 3. The molecule has 5 nitrogen and oxygen atoms in total. The Kier molecular flexibility index (Phi) is 4.68. The van der Waals surface area contributed by atoms with Gasteiger partial charge in [-0.15, -0.1) is 0 Å². The van der Waals surface area contributed by atoms with Crippen molar-refractivity contribution in [2.75, 3.05) is 0 Å². The van der Waals surface area contributed by atoms with Crippen molar-refractivity contribution in [3.63, 3.8) is 0 Å². The van der Waals surface area contributed by atoms with Gasteiger partial charge in [-0.25, -0.2) is 4.79 Å². The standard InChI is InChI=1S/C16H16N2O3/c17-9-11-2-1-3-12(8-11)10-18-15(19)13-4-6-14(7-5-13)16(20)21/h1-8H,9-10,17H2,(H,18,19)(H,20,21). The highest BCUT2D eigenvalue weighted by Gasteiger charge is 2.07. The van der Waals surface area contributed by atoms with Crippen LogP contribution in [-0.4, -0.2) is 17.0 Å². The van der Waals surface area contributed by atoms with Gasteiger partial charge in [-0.1, -0.05) is 24.3 Å². The molecule has 0 unspecified atom stereocenters. The average molecular weight is 284 g/mol. The Balaban J connectivity index is 1.99. The lowest BCUT2D eigenvalue weighted by Crippen LogP contribution is -2.22. The van der Waals surface area contributed by atoms with Crippen molar-refractivity contribution in [3.05, 3.63) is 70.8 Å². The van der Waals surface area contributed by atoms with Crippen LogP contribution in [0.2, 0.25) is 0 Å². The number of nitrogens with one attached hydrogen (secondary N) is 1. The van der Waals surface area contributed by atoms with Crippen LogP contribution in [0.4, 0.5) is 0 Å².